The van der Waals surface area contributed by atoms with Gasteiger partial charge in [-0.25, -0.2) is 13.2 Å². The van der Waals surface area contributed by atoms with E-state index in [1.807, 2.05) is 5.32 Å². The van der Waals surface area contributed by atoms with Crippen LogP contribution in [-0.2, 0) is 19.4 Å². The van der Waals surface area contributed by atoms with Gasteiger partial charge in [0.05, 0.1) is 4.91 Å². The van der Waals surface area contributed by atoms with Crippen LogP contribution in [0.5, 0.6) is 0 Å². The highest BCUT2D eigenvalue weighted by Gasteiger charge is 2.14. The Labute approximate surface area is 121 Å². The smallest absolute Gasteiger partial charge is 0.407 e. The molecule has 0 atom stereocenters. The van der Waals surface area contributed by atoms with Crippen molar-refractivity contribution in [3.8, 4) is 0 Å². The highest BCUT2D eigenvalue weighted by molar-refractivity contribution is 7.94. The zero-order valence-electron chi connectivity index (χ0n) is 11.2. The molecule has 0 aliphatic heterocycles. The van der Waals surface area contributed by atoms with E-state index in [4.69, 9.17) is 0 Å². The van der Waals surface area contributed by atoms with Crippen molar-refractivity contribution in [3.05, 3.63) is 40.8 Å². The number of carbonyl (C=O) groups is 2. The summed E-state index contributed by atoms with van der Waals surface area (Å²) < 4.78 is 39.8. The number of hydrogen-bond donors (Lipinski definition) is 1. The van der Waals surface area contributed by atoms with E-state index >= 15 is 0 Å². The Bertz CT molecular complexity index is 640. The molecular formula is C13H14FNO5S. The molecule has 0 saturated heterocycles. The maximum Gasteiger partial charge on any atom is 0.407 e. The van der Waals surface area contributed by atoms with Crippen LogP contribution < -0.4 is 5.32 Å². The molecule has 0 spiro atoms. The Kier molecular flexibility index (Phi) is 6.04. The van der Waals surface area contributed by atoms with Gasteiger partial charge in [0, 0.05) is 6.26 Å². The predicted molar refractivity (Wildman–Crippen MR) is 74.7 cm³/mol. The Balaban J connectivity index is 2.75. The number of sulfone groups is 1. The standard InChI is InChI=1S/C13H14FNO5S/c1-21(18,19)11(7-10-5-3-2-4-6-10)9-20-13(17)15-8-12(14)16/h2-7H,8-9H2,1H3,(H,15,17)/b11-7-. The number of ether oxygens (including phenoxy) is 1. The topological polar surface area (TPSA) is 89.5 Å². The summed E-state index contributed by atoms with van der Waals surface area (Å²) in [5.41, 5.74) is 0.626. The minimum atomic E-state index is -3.57. The molecule has 0 radical (unpaired) electrons. The number of halogens is 1. The number of carbonyl (C=O) groups excluding carboxylic acids is 2. The predicted octanol–water partition coefficient (Wildman–Crippen LogP) is 1.29. The van der Waals surface area contributed by atoms with Crippen LogP contribution in [0.25, 0.3) is 6.08 Å². The van der Waals surface area contributed by atoms with Gasteiger partial charge in [0.2, 0.25) is 0 Å². The SMILES string of the molecule is CS(=O)(=O)/C(=C\c1ccccc1)COC(=O)NCC(=O)F. The second-order valence-electron chi connectivity index (χ2n) is 4.08. The zero-order valence-corrected chi connectivity index (χ0v) is 12.0. The number of nitrogens with one attached hydrogen (secondary N) is 1. The van der Waals surface area contributed by atoms with Gasteiger partial charge in [-0.2, -0.15) is 4.39 Å². The molecule has 0 aliphatic carbocycles. The summed E-state index contributed by atoms with van der Waals surface area (Å²) in [5, 5.41) is 1.85. The van der Waals surface area contributed by atoms with Crippen molar-refractivity contribution >= 4 is 28.0 Å². The highest BCUT2D eigenvalue weighted by Crippen LogP contribution is 2.12. The molecule has 0 fully saturated rings. The average molecular weight is 315 g/mol. The molecule has 0 saturated carbocycles. The lowest BCUT2D eigenvalue weighted by atomic mass is 10.2. The van der Waals surface area contributed by atoms with E-state index in [-0.39, 0.29) is 4.91 Å². The molecule has 6 nitrogen and oxygen atoms in total. The minimum Gasteiger partial charge on any atom is -0.444 e. The Morgan fingerprint density at radius 3 is 2.43 bits per heavy atom. The fraction of sp³-hybridized carbons (Fsp3) is 0.231. The van der Waals surface area contributed by atoms with Gasteiger partial charge < -0.3 is 10.1 Å². The number of alkyl carbamates (subject to hydrolysis) is 1. The summed E-state index contributed by atoms with van der Waals surface area (Å²) in [6.07, 6.45) is 1.26. The lowest BCUT2D eigenvalue weighted by Gasteiger charge is -2.08. The van der Waals surface area contributed by atoms with Crippen LogP contribution in [0.4, 0.5) is 9.18 Å². The second kappa shape index (κ2) is 7.53. The monoisotopic (exact) mass is 315 g/mol. The fourth-order valence-electron chi connectivity index (χ4n) is 1.32. The maximum absolute atomic E-state index is 11.9. The number of amides is 1. The van der Waals surface area contributed by atoms with Crippen molar-refractivity contribution in [1.82, 2.24) is 5.32 Å². The first-order valence-corrected chi connectivity index (χ1v) is 7.73. The zero-order chi connectivity index (χ0) is 15.9. The van der Waals surface area contributed by atoms with Gasteiger partial charge in [-0.05, 0) is 11.6 Å². The Morgan fingerprint density at radius 1 is 1.29 bits per heavy atom. The molecule has 1 rings (SSSR count). The number of hydrogen-bond acceptors (Lipinski definition) is 5. The van der Waals surface area contributed by atoms with E-state index in [0.717, 1.165) is 6.26 Å². The van der Waals surface area contributed by atoms with Crippen LogP contribution in [0.1, 0.15) is 5.56 Å². The molecule has 1 aromatic carbocycles. The summed E-state index contributed by atoms with van der Waals surface area (Å²) in [6.45, 7) is -1.34. The largest absolute Gasteiger partial charge is 0.444 e. The van der Waals surface area contributed by atoms with E-state index in [1.165, 1.54) is 6.08 Å². The lowest BCUT2D eigenvalue weighted by molar-refractivity contribution is -0.128. The molecule has 8 heteroatoms. The summed E-state index contributed by atoms with van der Waals surface area (Å²) in [6, 6.07) is 6.88. The third kappa shape index (κ3) is 6.66. The molecule has 0 aliphatic rings. The van der Waals surface area contributed by atoms with E-state index in [0.29, 0.717) is 5.56 Å². The first-order chi connectivity index (χ1) is 9.79. The van der Waals surface area contributed by atoms with Crippen LogP contribution in [0.3, 0.4) is 0 Å². The van der Waals surface area contributed by atoms with Crippen molar-refractivity contribution in [3.63, 3.8) is 0 Å². The van der Waals surface area contributed by atoms with Crippen LogP contribution >= 0.6 is 0 Å². The van der Waals surface area contributed by atoms with Crippen molar-refractivity contribution in [2.24, 2.45) is 0 Å². The first-order valence-electron chi connectivity index (χ1n) is 5.83. The summed E-state index contributed by atoms with van der Waals surface area (Å²) in [4.78, 5) is 21.1. The summed E-state index contributed by atoms with van der Waals surface area (Å²) in [7, 11) is -3.57. The summed E-state index contributed by atoms with van der Waals surface area (Å²) >= 11 is 0. The van der Waals surface area contributed by atoms with Crippen molar-refractivity contribution in [1.29, 1.82) is 0 Å². The van der Waals surface area contributed by atoms with Gasteiger partial charge >= 0.3 is 12.1 Å². The second-order valence-corrected chi connectivity index (χ2v) is 6.15. The van der Waals surface area contributed by atoms with Crippen molar-refractivity contribution in [2.75, 3.05) is 19.4 Å². The lowest BCUT2D eigenvalue weighted by Crippen LogP contribution is -2.29. The fourth-order valence-corrected chi connectivity index (χ4v) is 1.94. The minimum absolute atomic E-state index is 0.115. The third-order valence-electron chi connectivity index (χ3n) is 2.32. The summed E-state index contributed by atoms with van der Waals surface area (Å²) in [5.74, 6) is 0. The third-order valence-corrected chi connectivity index (χ3v) is 3.51. The van der Waals surface area contributed by atoms with Gasteiger partial charge in [-0.1, -0.05) is 30.3 Å². The van der Waals surface area contributed by atoms with Gasteiger partial charge in [0.1, 0.15) is 13.2 Å². The highest BCUT2D eigenvalue weighted by atomic mass is 32.2. The molecule has 1 aromatic rings. The molecular weight excluding hydrogens is 301 g/mol. The molecule has 0 unspecified atom stereocenters. The number of rotatable bonds is 6. The van der Waals surface area contributed by atoms with Crippen LogP contribution in [-0.4, -0.2) is 40.0 Å². The molecule has 0 aromatic heterocycles. The quantitative estimate of drug-likeness (QED) is 0.799. The van der Waals surface area contributed by atoms with Gasteiger partial charge in [0.25, 0.3) is 0 Å². The maximum atomic E-state index is 11.9. The molecule has 0 bridgehead atoms. The average Bonchev–Trinajstić information content (AvgIpc) is 2.41. The van der Waals surface area contributed by atoms with E-state index in [1.54, 1.807) is 30.3 Å². The van der Waals surface area contributed by atoms with Crippen molar-refractivity contribution < 1.29 is 27.1 Å². The van der Waals surface area contributed by atoms with Gasteiger partial charge in [0.15, 0.2) is 9.84 Å². The Morgan fingerprint density at radius 2 is 1.90 bits per heavy atom. The van der Waals surface area contributed by atoms with Crippen LogP contribution in [0.2, 0.25) is 0 Å². The molecule has 21 heavy (non-hydrogen) atoms. The van der Waals surface area contributed by atoms with Crippen LogP contribution in [0.15, 0.2) is 35.2 Å². The van der Waals surface area contributed by atoms with Crippen molar-refractivity contribution in [2.45, 2.75) is 0 Å². The first kappa shape index (κ1) is 16.8. The number of benzene rings is 1. The van der Waals surface area contributed by atoms with Gasteiger partial charge in [-0.15, -0.1) is 0 Å². The van der Waals surface area contributed by atoms with Gasteiger partial charge in [-0.3, -0.25) is 4.79 Å². The van der Waals surface area contributed by atoms with Crippen LogP contribution in [0, 0.1) is 0 Å². The molecule has 0 heterocycles. The molecule has 1 N–H and O–H groups in total. The van der Waals surface area contributed by atoms with E-state index in [9.17, 15) is 22.4 Å². The normalized spacial score (nSPS) is 11.8. The Hall–Kier alpha value is -2.22. The van der Waals surface area contributed by atoms with E-state index in [2.05, 4.69) is 4.74 Å². The molecule has 1 amide bonds. The molecule has 114 valence electrons. The van der Waals surface area contributed by atoms with E-state index < -0.39 is 35.1 Å².